The first kappa shape index (κ1) is 21.2. The molecule has 1 N–H and O–H groups in total. The molecule has 0 radical (unpaired) electrons. The summed E-state index contributed by atoms with van der Waals surface area (Å²) < 4.78 is 13.5. The summed E-state index contributed by atoms with van der Waals surface area (Å²) >= 11 is 3.69. The minimum absolute atomic E-state index is 0.117. The molecule has 0 aliphatic carbocycles. The summed E-state index contributed by atoms with van der Waals surface area (Å²) in [6, 6.07) is 12.3. The van der Waals surface area contributed by atoms with Crippen LogP contribution >= 0.6 is 15.9 Å². The number of pyridine rings is 1. The van der Waals surface area contributed by atoms with Gasteiger partial charge in [-0.1, -0.05) is 30.3 Å². The fourth-order valence-electron chi connectivity index (χ4n) is 5.10. The lowest BCUT2D eigenvalue weighted by Crippen LogP contribution is -2.32. The molecule has 3 aromatic rings. The second kappa shape index (κ2) is 8.67. The summed E-state index contributed by atoms with van der Waals surface area (Å²) in [4.78, 5) is 17.4. The molecular formula is C24H25BrN4O3. The fraction of sp³-hybridized carbons (Fsp3) is 0.375. The molecule has 4 heterocycles. The van der Waals surface area contributed by atoms with Gasteiger partial charge in [0.15, 0.2) is 5.69 Å². The zero-order chi connectivity index (χ0) is 22.2. The molecule has 8 heteroatoms. The van der Waals surface area contributed by atoms with Crippen LogP contribution in [0, 0.1) is 5.92 Å². The van der Waals surface area contributed by atoms with Gasteiger partial charge in [-0.25, -0.2) is 4.79 Å². The molecule has 1 fully saturated rings. The Bertz CT molecular complexity index is 1140. The summed E-state index contributed by atoms with van der Waals surface area (Å²) in [5.74, 6) is 0.0665. The number of hydrogen-bond acceptors (Lipinski definition) is 6. The van der Waals surface area contributed by atoms with E-state index in [0.717, 1.165) is 53.2 Å². The van der Waals surface area contributed by atoms with Gasteiger partial charge in [-0.15, -0.1) is 0 Å². The zero-order valence-corrected chi connectivity index (χ0v) is 19.6. The van der Waals surface area contributed by atoms with E-state index in [2.05, 4.69) is 55.6 Å². The highest BCUT2D eigenvalue weighted by Gasteiger charge is 2.42. The number of benzene rings is 1. The summed E-state index contributed by atoms with van der Waals surface area (Å²) in [6.45, 7) is 1.48. The monoisotopic (exact) mass is 496 g/mol. The van der Waals surface area contributed by atoms with Gasteiger partial charge in [0.2, 0.25) is 0 Å². The van der Waals surface area contributed by atoms with Crippen LogP contribution in [0.5, 0.6) is 0 Å². The van der Waals surface area contributed by atoms with Crippen LogP contribution in [0.15, 0.2) is 47.1 Å². The average Bonchev–Trinajstić information content (AvgIpc) is 3.18. The number of nitrogens with one attached hydrogen (secondary N) is 1. The van der Waals surface area contributed by atoms with E-state index in [0.29, 0.717) is 11.6 Å². The van der Waals surface area contributed by atoms with Crippen molar-refractivity contribution >= 4 is 27.6 Å². The zero-order valence-electron chi connectivity index (χ0n) is 18.0. The number of rotatable bonds is 4. The first-order chi connectivity index (χ1) is 15.6. The third kappa shape index (κ3) is 3.51. The van der Waals surface area contributed by atoms with Gasteiger partial charge in [-0.2, -0.15) is 5.10 Å². The third-order valence-electron chi connectivity index (χ3n) is 6.52. The fourth-order valence-corrected chi connectivity index (χ4v) is 5.52. The van der Waals surface area contributed by atoms with E-state index in [4.69, 9.17) is 9.47 Å². The highest BCUT2D eigenvalue weighted by molar-refractivity contribution is 9.10. The molecule has 0 amide bonds. The molecule has 32 heavy (non-hydrogen) atoms. The van der Waals surface area contributed by atoms with Crippen LogP contribution in [-0.2, 0) is 16.5 Å². The van der Waals surface area contributed by atoms with Gasteiger partial charge in [0.25, 0.3) is 0 Å². The number of aromatic nitrogens is 3. The molecule has 1 saturated heterocycles. The number of carbonyl (C=O) groups is 1. The van der Waals surface area contributed by atoms with Crippen LogP contribution in [0.25, 0.3) is 11.4 Å². The van der Waals surface area contributed by atoms with Gasteiger partial charge >= 0.3 is 5.97 Å². The van der Waals surface area contributed by atoms with E-state index in [-0.39, 0.29) is 12.0 Å². The quantitative estimate of drug-likeness (QED) is 0.527. The van der Waals surface area contributed by atoms with Gasteiger partial charge in [0.1, 0.15) is 5.69 Å². The Morgan fingerprint density at radius 3 is 2.72 bits per heavy atom. The van der Waals surface area contributed by atoms with Crippen LogP contribution in [0.4, 0.5) is 5.69 Å². The maximum atomic E-state index is 12.8. The number of carbonyl (C=O) groups excluding carboxylic acids is 1. The van der Waals surface area contributed by atoms with Crippen LogP contribution in [0.1, 0.15) is 46.4 Å². The number of ether oxygens (including phenoxy) is 2. The Labute approximate surface area is 195 Å². The number of anilines is 1. The minimum atomic E-state index is -0.439. The lowest BCUT2D eigenvalue weighted by molar-refractivity contribution is 0.0545. The summed E-state index contributed by atoms with van der Waals surface area (Å²) in [7, 11) is 3.25. The number of fused-ring (bicyclic) bond motifs is 3. The van der Waals surface area contributed by atoms with Crippen molar-refractivity contribution in [2.24, 2.45) is 13.0 Å². The number of hydrogen-bond donors (Lipinski definition) is 1. The van der Waals surface area contributed by atoms with Gasteiger partial charge in [0, 0.05) is 42.4 Å². The normalized spacial score (nSPS) is 18.9. The molecule has 5 rings (SSSR count). The maximum absolute atomic E-state index is 12.8. The molecule has 2 unspecified atom stereocenters. The number of aryl methyl sites for hydroxylation is 1. The molecule has 0 spiro atoms. The van der Waals surface area contributed by atoms with Crippen molar-refractivity contribution in [3.05, 3.63) is 63.9 Å². The number of nitrogens with zero attached hydrogens (tertiary/aromatic N) is 3. The summed E-state index contributed by atoms with van der Waals surface area (Å²) in [5.41, 5.74) is 4.94. The minimum Gasteiger partial charge on any atom is -0.464 e. The molecule has 166 valence electrons. The van der Waals surface area contributed by atoms with E-state index < -0.39 is 5.97 Å². The van der Waals surface area contributed by atoms with Crippen molar-refractivity contribution in [3.63, 3.8) is 0 Å². The highest BCUT2D eigenvalue weighted by Crippen LogP contribution is 2.51. The Morgan fingerprint density at radius 2 is 2.00 bits per heavy atom. The van der Waals surface area contributed by atoms with Crippen molar-refractivity contribution in [1.82, 2.24) is 14.8 Å². The van der Waals surface area contributed by atoms with E-state index >= 15 is 0 Å². The Morgan fingerprint density at radius 1 is 1.25 bits per heavy atom. The molecule has 2 atom stereocenters. The largest absolute Gasteiger partial charge is 0.464 e. The Kier molecular flexibility index (Phi) is 5.73. The second-order valence-corrected chi connectivity index (χ2v) is 9.11. The van der Waals surface area contributed by atoms with Crippen molar-refractivity contribution in [1.29, 1.82) is 0 Å². The number of halogens is 1. The topological polar surface area (TPSA) is 78.3 Å². The van der Waals surface area contributed by atoms with Crippen LogP contribution in [0.3, 0.4) is 0 Å². The molecule has 0 saturated carbocycles. The third-order valence-corrected chi connectivity index (χ3v) is 7.18. The van der Waals surface area contributed by atoms with Crippen molar-refractivity contribution in [3.8, 4) is 11.4 Å². The molecule has 7 nitrogen and oxygen atoms in total. The summed E-state index contributed by atoms with van der Waals surface area (Å²) in [5, 5.41) is 8.32. The van der Waals surface area contributed by atoms with Crippen LogP contribution < -0.4 is 5.32 Å². The Balaban J connectivity index is 1.74. The van der Waals surface area contributed by atoms with Gasteiger partial charge in [0.05, 0.1) is 24.5 Å². The van der Waals surface area contributed by atoms with E-state index in [9.17, 15) is 4.79 Å². The Hall–Kier alpha value is -2.71. The maximum Gasteiger partial charge on any atom is 0.358 e. The van der Waals surface area contributed by atoms with E-state index in [1.165, 1.54) is 12.7 Å². The first-order valence-electron chi connectivity index (χ1n) is 10.8. The predicted octanol–water partition coefficient (Wildman–Crippen LogP) is 4.71. The van der Waals surface area contributed by atoms with Gasteiger partial charge < -0.3 is 14.8 Å². The van der Waals surface area contributed by atoms with Crippen molar-refractivity contribution < 1.29 is 14.3 Å². The molecule has 0 bridgehead atoms. The molecular weight excluding hydrogens is 472 g/mol. The predicted molar refractivity (Wildman–Crippen MR) is 125 cm³/mol. The SMILES string of the molecule is COC(=O)c1nn(C)c2c1C(C(c1ccccc1)C1CCOCC1)Nc1c(Br)ccnc1-2. The summed E-state index contributed by atoms with van der Waals surface area (Å²) in [6.07, 6.45) is 3.68. The highest BCUT2D eigenvalue weighted by atomic mass is 79.9. The molecule has 2 aromatic heterocycles. The number of methoxy groups -OCH3 is 1. The second-order valence-electron chi connectivity index (χ2n) is 8.25. The van der Waals surface area contributed by atoms with E-state index in [1.54, 1.807) is 10.9 Å². The molecule has 2 aliphatic rings. The van der Waals surface area contributed by atoms with Crippen LogP contribution in [0.2, 0.25) is 0 Å². The van der Waals surface area contributed by atoms with Crippen molar-refractivity contribution in [2.75, 3.05) is 25.6 Å². The smallest absolute Gasteiger partial charge is 0.358 e. The number of esters is 1. The molecule has 2 aliphatic heterocycles. The molecule has 1 aromatic carbocycles. The van der Waals surface area contributed by atoms with Gasteiger partial charge in [-0.05, 0) is 46.3 Å². The van der Waals surface area contributed by atoms with Gasteiger partial charge in [-0.3, -0.25) is 9.67 Å². The van der Waals surface area contributed by atoms with Crippen molar-refractivity contribution in [2.45, 2.75) is 24.8 Å². The first-order valence-corrected chi connectivity index (χ1v) is 11.6. The average molecular weight is 497 g/mol. The van der Waals surface area contributed by atoms with E-state index in [1.807, 2.05) is 19.2 Å². The standard InChI is InChI=1S/C24H25BrN4O3/c1-29-23-18(21(28-29)24(30)31-2)20(27-19-16(25)8-11-26-22(19)23)17(14-6-4-3-5-7-14)15-9-12-32-13-10-15/h3-8,11,15,17,20,27H,9-10,12-13H2,1-2H3. The lowest BCUT2D eigenvalue weighted by Gasteiger charge is -2.39. The lowest BCUT2D eigenvalue weighted by atomic mass is 9.73. The van der Waals surface area contributed by atoms with Crippen LogP contribution in [-0.4, -0.2) is 41.1 Å².